The van der Waals surface area contributed by atoms with Crippen molar-refractivity contribution in [1.29, 1.82) is 0 Å². The number of aromatic nitrogens is 1. The summed E-state index contributed by atoms with van der Waals surface area (Å²) in [6, 6.07) is 16.3. The van der Waals surface area contributed by atoms with Crippen LogP contribution in [0.5, 0.6) is 5.75 Å². The molecule has 1 aliphatic heterocycles. The Morgan fingerprint density at radius 2 is 1.91 bits per heavy atom. The van der Waals surface area contributed by atoms with Crippen molar-refractivity contribution in [1.82, 2.24) is 9.29 Å². The van der Waals surface area contributed by atoms with Crippen molar-refractivity contribution in [3.05, 3.63) is 82.7 Å². The van der Waals surface area contributed by atoms with E-state index in [1.54, 1.807) is 30.5 Å². The van der Waals surface area contributed by atoms with E-state index in [0.29, 0.717) is 24.7 Å². The zero-order valence-electron chi connectivity index (χ0n) is 17.6. The maximum absolute atomic E-state index is 12.9. The number of benzene rings is 2. The molecule has 0 aliphatic carbocycles. The van der Waals surface area contributed by atoms with Gasteiger partial charge in [-0.3, -0.25) is 15.1 Å². The van der Waals surface area contributed by atoms with E-state index >= 15 is 0 Å². The summed E-state index contributed by atoms with van der Waals surface area (Å²) in [6.45, 7) is 1.28. The molecule has 2 aromatic carbocycles. The fraction of sp³-hybridized carbons (Fsp3) is 0.227. The lowest BCUT2D eigenvalue weighted by molar-refractivity contribution is -0.384. The van der Waals surface area contributed by atoms with Crippen molar-refractivity contribution >= 4 is 27.1 Å². The summed E-state index contributed by atoms with van der Waals surface area (Å²) in [6.07, 6.45) is 1.68. The number of morpholine rings is 1. The van der Waals surface area contributed by atoms with Gasteiger partial charge in [0.2, 0.25) is 10.0 Å². The number of ether oxygens (including phenoxy) is 2. The van der Waals surface area contributed by atoms with Gasteiger partial charge in [0.1, 0.15) is 18.0 Å². The third-order valence-electron chi connectivity index (χ3n) is 5.00. The molecular weight excluding hydrogens is 448 g/mol. The molecule has 0 amide bonds. The Kier molecular flexibility index (Phi) is 6.82. The lowest BCUT2D eigenvalue weighted by Crippen LogP contribution is -2.40. The summed E-state index contributed by atoms with van der Waals surface area (Å²) in [5, 5.41) is 14.7. The fourth-order valence-corrected chi connectivity index (χ4v) is 4.75. The van der Waals surface area contributed by atoms with Gasteiger partial charge in [-0.2, -0.15) is 4.31 Å². The van der Waals surface area contributed by atoms with Gasteiger partial charge in [0.25, 0.3) is 5.69 Å². The zero-order chi connectivity index (χ0) is 23.3. The molecule has 172 valence electrons. The number of hydrogen-bond donors (Lipinski definition) is 1. The summed E-state index contributed by atoms with van der Waals surface area (Å²) in [4.78, 5) is 15.2. The topological polar surface area (TPSA) is 124 Å². The first kappa shape index (κ1) is 22.6. The summed E-state index contributed by atoms with van der Waals surface area (Å²) in [7, 11) is -3.85. The van der Waals surface area contributed by atoms with Crippen LogP contribution in [0.4, 0.5) is 17.1 Å². The summed E-state index contributed by atoms with van der Waals surface area (Å²) in [5.41, 5.74) is 1.15. The molecule has 4 rings (SSSR count). The minimum absolute atomic E-state index is 0.130. The Labute approximate surface area is 191 Å². The molecule has 0 bridgehead atoms. The SMILES string of the molecule is O=[N+]([O-])c1cc(S(=O)(=O)N2CCOCC2)ccc1Nc1cccc(OCc2ccccn2)c1. The van der Waals surface area contributed by atoms with E-state index in [9.17, 15) is 18.5 Å². The maximum atomic E-state index is 12.9. The van der Waals surface area contributed by atoms with E-state index in [1.165, 1.54) is 16.4 Å². The number of pyridine rings is 1. The molecule has 3 aromatic rings. The number of nitro groups is 1. The minimum Gasteiger partial charge on any atom is -0.487 e. The smallest absolute Gasteiger partial charge is 0.294 e. The second-order valence-electron chi connectivity index (χ2n) is 7.22. The molecule has 1 fully saturated rings. The number of hydrogen-bond acceptors (Lipinski definition) is 8. The van der Waals surface area contributed by atoms with Crippen LogP contribution in [-0.4, -0.2) is 48.9 Å². The number of nitro benzene ring substituents is 1. The Hall–Kier alpha value is -3.54. The molecule has 1 saturated heterocycles. The number of anilines is 2. The third kappa shape index (κ3) is 5.45. The van der Waals surface area contributed by atoms with Gasteiger partial charge in [-0.15, -0.1) is 0 Å². The van der Waals surface area contributed by atoms with E-state index in [-0.39, 0.29) is 36.0 Å². The first-order valence-electron chi connectivity index (χ1n) is 10.2. The largest absolute Gasteiger partial charge is 0.487 e. The number of sulfonamides is 1. The summed E-state index contributed by atoms with van der Waals surface area (Å²) >= 11 is 0. The molecule has 0 atom stereocenters. The van der Waals surface area contributed by atoms with Gasteiger partial charge in [-0.05, 0) is 36.4 Å². The van der Waals surface area contributed by atoms with Gasteiger partial charge in [0, 0.05) is 37.1 Å². The molecular formula is C22H22N4O6S. The van der Waals surface area contributed by atoms with E-state index in [1.807, 2.05) is 18.2 Å². The molecule has 1 N–H and O–H groups in total. The molecule has 0 unspecified atom stereocenters. The monoisotopic (exact) mass is 470 g/mol. The van der Waals surface area contributed by atoms with Crippen LogP contribution in [0.25, 0.3) is 0 Å². The maximum Gasteiger partial charge on any atom is 0.294 e. The van der Waals surface area contributed by atoms with Crippen LogP contribution in [0.3, 0.4) is 0 Å². The number of rotatable bonds is 8. The lowest BCUT2D eigenvalue weighted by atomic mass is 10.2. The van der Waals surface area contributed by atoms with Crippen molar-refractivity contribution in [2.24, 2.45) is 0 Å². The quantitative estimate of drug-likeness (QED) is 0.393. The van der Waals surface area contributed by atoms with E-state index in [2.05, 4.69) is 10.3 Å². The minimum atomic E-state index is -3.85. The molecule has 0 saturated carbocycles. The second-order valence-corrected chi connectivity index (χ2v) is 9.15. The average molecular weight is 471 g/mol. The molecule has 0 radical (unpaired) electrons. The second kappa shape index (κ2) is 9.94. The van der Waals surface area contributed by atoms with Crippen molar-refractivity contribution < 1.29 is 22.8 Å². The van der Waals surface area contributed by atoms with Crippen molar-refractivity contribution in [2.45, 2.75) is 11.5 Å². The Balaban J connectivity index is 1.54. The van der Waals surface area contributed by atoms with Gasteiger partial charge in [-0.25, -0.2) is 8.42 Å². The predicted molar refractivity (Wildman–Crippen MR) is 121 cm³/mol. The van der Waals surface area contributed by atoms with Gasteiger partial charge < -0.3 is 14.8 Å². The van der Waals surface area contributed by atoms with Crippen LogP contribution in [0.1, 0.15) is 5.69 Å². The van der Waals surface area contributed by atoms with Gasteiger partial charge in [0.15, 0.2) is 0 Å². The predicted octanol–water partition coefficient (Wildman–Crippen LogP) is 3.33. The van der Waals surface area contributed by atoms with Crippen LogP contribution >= 0.6 is 0 Å². The highest BCUT2D eigenvalue weighted by molar-refractivity contribution is 7.89. The van der Waals surface area contributed by atoms with E-state index in [0.717, 1.165) is 11.8 Å². The van der Waals surface area contributed by atoms with Crippen LogP contribution in [0, 0.1) is 10.1 Å². The Morgan fingerprint density at radius 3 is 2.64 bits per heavy atom. The van der Waals surface area contributed by atoms with E-state index < -0.39 is 14.9 Å². The van der Waals surface area contributed by atoms with Gasteiger partial charge in [0.05, 0.1) is 28.7 Å². The molecule has 1 aromatic heterocycles. The highest BCUT2D eigenvalue weighted by Gasteiger charge is 2.29. The molecule has 10 nitrogen and oxygen atoms in total. The zero-order valence-corrected chi connectivity index (χ0v) is 18.4. The number of nitrogens with one attached hydrogen (secondary N) is 1. The molecule has 2 heterocycles. The summed E-state index contributed by atoms with van der Waals surface area (Å²) < 4.78 is 38.0. The Bertz CT molecular complexity index is 1230. The third-order valence-corrected chi connectivity index (χ3v) is 6.89. The van der Waals surface area contributed by atoms with Crippen LogP contribution < -0.4 is 10.1 Å². The van der Waals surface area contributed by atoms with Crippen molar-refractivity contribution in [3.8, 4) is 5.75 Å². The van der Waals surface area contributed by atoms with E-state index in [4.69, 9.17) is 9.47 Å². The molecule has 11 heteroatoms. The van der Waals surface area contributed by atoms with Gasteiger partial charge >= 0.3 is 0 Å². The molecule has 1 aliphatic rings. The van der Waals surface area contributed by atoms with Crippen LogP contribution in [0.2, 0.25) is 0 Å². The fourth-order valence-electron chi connectivity index (χ4n) is 3.32. The summed E-state index contributed by atoms with van der Waals surface area (Å²) in [5.74, 6) is 0.555. The average Bonchev–Trinajstić information content (AvgIpc) is 2.84. The normalized spacial score (nSPS) is 14.5. The molecule has 33 heavy (non-hydrogen) atoms. The standard InChI is InChI=1S/C22H22N4O6S/c27-26(28)22-15-20(33(29,30)25-10-12-31-13-11-25)7-8-21(22)24-17-5-3-6-19(14-17)32-16-18-4-1-2-9-23-18/h1-9,14-15,24H,10-13,16H2. The van der Waals surface area contributed by atoms with Crippen molar-refractivity contribution in [3.63, 3.8) is 0 Å². The Morgan fingerprint density at radius 1 is 1.09 bits per heavy atom. The number of nitrogens with zero attached hydrogens (tertiary/aromatic N) is 3. The van der Waals surface area contributed by atoms with Gasteiger partial charge in [-0.1, -0.05) is 12.1 Å². The van der Waals surface area contributed by atoms with Crippen LogP contribution in [0.15, 0.2) is 71.8 Å². The molecule has 0 spiro atoms. The first-order chi connectivity index (χ1) is 15.9. The van der Waals surface area contributed by atoms with Crippen molar-refractivity contribution in [2.75, 3.05) is 31.6 Å². The lowest BCUT2D eigenvalue weighted by Gasteiger charge is -2.26. The highest BCUT2D eigenvalue weighted by Crippen LogP contribution is 2.32. The highest BCUT2D eigenvalue weighted by atomic mass is 32.2. The van der Waals surface area contributed by atoms with Crippen LogP contribution in [-0.2, 0) is 21.4 Å². The first-order valence-corrected chi connectivity index (χ1v) is 11.6.